The van der Waals surface area contributed by atoms with Gasteiger partial charge in [-0.15, -0.1) is 0 Å². The van der Waals surface area contributed by atoms with Gasteiger partial charge >= 0.3 is 5.97 Å². The zero-order valence-electron chi connectivity index (χ0n) is 16.8. The Morgan fingerprint density at radius 3 is 2.28 bits per heavy atom. The van der Waals surface area contributed by atoms with Gasteiger partial charge in [-0.3, -0.25) is 9.59 Å². The Balaban J connectivity index is 4.58. The Bertz CT molecular complexity index is 510. The van der Waals surface area contributed by atoms with Gasteiger partial charge in [0.2, 0.25) is 0 Å². The number of hydrogen-bond acceptors (Lipinski definition) is 4. The first-order valence-corrected chi connectivity index (χ1v) is 11.6. The molecule has 0 fully saturated rings. The first-order chi connectivity index (χ1) is 11.5. The minimum atomic E-state index is -1.81. The fourth-order valence-corrected chi connectivity index (χ4v) is 2.77. The van der Waals surface area contributed by atoms with E-state index < -0.39 is 14.2 Å². The highest BCUT2D eigenvalue weighted by molar-refractivity contribution is 6.74. The number of ketones is 1. The summed E-state index contributed by atoms with van der Waals surface area (Å²) in [6, 6.07) is 0. The monoisotopic (exact) mass is 366 g/mol. The molecule has 142 valence electrons. The average molecular weight is 367 g/mol. The van der Waals surface area contributed by atoms with Crippen molar-refractivity contribution in [2.75, 3.05) is 13.7 Å². The van der Waals surface area contributed by atoms with Crippen molar-refractivity contribution in [2.45, 2.75) is 58.7 Å². The number of methoxy groups -OCH3 is 1. The molecule has 0 aromatic rings. The van der Waals surface area contributed by atoms with Crippen LogP contribution in [0.4, 0.5) is 0 Å². The summed E-state index contributed by atoms with van der Waals surface area (Å²) in [5.74, 6) is -0.900. The lowest BCUT2D eigenvalue weighted by Gasteiger charge is -2.35. The number of rotatable bonds is 10. The van der Waals surface area contributed by atoms with Crippen molar-refractivity contribution in [1.29, 1.82) is 0 Å². The number of carbonyl (C=O) groups is 2. The second-order valence-electron chi connectivity index (χ2n) is 7.55. The van der Waals surface area contributed by atoms with Crippen LogP contribution in [0.3, 0.4) is 0 Å². The SMILES string of the molecule is C/C=C/C=C/CC(CC(=O)/C=C/CO[Si](C)(C)C(C)(C)C)C(=O)OC. The predicted molar refractivity (Wildman–Crippen MR) is 106 cm³/mol. The molecule has 0 rings (SSSR count). The second-order valence-corrected chi connectivity index (χ2v) is 12.4. The van der Waals surface area contributed by atoms with Gasteiger partial charge in [-0.05, 0) is 37.6 Å². The topological polar surface area (TPSA) is 52.6 Å². The molecule has 4 nitrogen and oxygen atoms in total. The van der Waals surface area contributed by atoms with Gasteiger partial charge in [0.25, 0.3) is 0 Å². The van der Waals surface area contributed by atoms with E-state index in [1.807, 2.05) is 31.2 Å². The maximum atomic E-state index is 12.1. The zero-order valence-corrected chi connectivity index (χ0v) is 17.8. The molecular weight excluding hydrogens is 332 g/mol. The molecule has 0 aliphatic heterocycles. The predicted octanol–water partition coefficient (Wildman–Crippen LogP) is 4.84. The lowest BCUT2D eigenvalue weighted by Crippen LogP contribution is -2.40. The van der Waals surface area contributed by atoms with Crippen molar-refractivity contribution in [2.24, 2.45) is 5.92 Å². The Hall–Kier alpha value is -1.46. The zero-order chi connectivity index (χ0) is 19.5. The Kier molecular flexibility index (Phi) is 10.6. The van der Waals surface area contributed by atoms with Crippen LogP contribution < -0.4 is 0 Å². The van der Waals surface area contributed by atoms with Crippen LogP contribution in [0.15, 0.2) is 36.5 Å². The maximum absolute atomic E-state index is 12.1. The van der Waals surface area contributed by atoms with E-state index in [0.717, 1.165) is 0 Å². The molecule has 5 heteroatoms. The van der Waals surface area contributed by atoms with E-state index in [1.54, 1.807) is 6.08 Å². The highest BCUT2D eigenvalue weighted by atomic mass is 28.4. The summed E-state index contributed by atoms with van der Waals surface area (Å²) in [5.41, 5.74) is 0. The van der Waals surface area contributed by atoms with Crippen molar-refractivity contribution >= 4 is 20.1 Å². The molecule has 0 saturated heterocycles. The molecule has 1 atom stereocenters. The van der Waals surface area contributed by atoms with Crippen molar-refractivity contribution in [3.63, 3.8) is 0 Å². The van der Waals surface area contributed by atoms with Gasteiger partial charge in [0.05, 0.1) is 19.6 Å². The quantitative estimate of drug-likeness (QED) is 0.240. The number of esters is 1. The standard InChI is InChI=1S/C20H34O4Si/c1-8-9-10-11-13-17(19(22)23-5)16-18(21)14-12-15-24-25(6,7)20(2,3)4/h8-12,14,17H,13,15-16H2,1-7H3/b9-8+,11-10+,14-12+. The summed E-state index contributed by atoms with van der Waals surface area (Å²) >= 11 is 0. The molecule has 0 heterocycles. The first-order valence-electron chi connectivity index (χ1n) is 8.74. The van der Waals surface area contributed by atoms with Crippen LogP contribution in [0.25, 0.3) is 0 Å². The van der Waals surface area contributed by atoms with Crippen LogP contribution in [0.1, 0.15) is 40.5 Å². The molecule has 0 N–H and O–H groups in total. The molecule has 25 heavy (non-hydrogen) atoms. The maximum Gasteiger partial charge on any atom is 0.309 e. The lowest BCUT2D eigenvalue weighted by atomic mass is 9.98. The number of carbonyl (C=O) groups excluding carboxylic acids is 2. The molecule has 0 spiro atoms. The second kappa shape index (κ2) is 11.2. The molecule has 0 radical (unpaired) electrons. The summed E-state index contributed by atoms with van der Waals surface area (Å²) in [6.45, 7) is 13.2. The van der Waals surface area contributed by atoms with Gasteiger partial charge in [0, 0.05) is 6.42 Å². The molecule has 0 aromatic heterocycles. The highest BCUT2D eigenvalue weighted by Gasteiger charge is 2.36. The van der Waals surface area contributed by atoms with E-state index in [-0.39, 0.29) is 23.2 Å². The van der Waals surface area contributed by atoms with Gasteiger partial charge in [-0.25, -0.2) is 0 Å². The molecule has 0 aliphatic rings. The highest BCUT2D eigenvalue weighted by Crippen LogP contribution is 2.36. The summed E-state index contributed by atoms with van der Waals surface area (Å²) < 4.78 is 10.8. The van der Waals surface area contributed by atoms with Crippen molar-refractivity contribution in [3.8, 4) is 0 Å². The third-order valence-corrected chi connectivity index (χ3v) is 8.99. The van der Waals surface area contributed by atoms with Gasteiger partial charge in [0.15, 0.2) is 14.1 Å². The smallest absolute Gasteiger partial charge is 0.309 e. The largest absolute Gasteiger partial charge is 0.469 e. The van der Waals surface area contributed by atoms with Crippen LogP contribution in [0, 0.1) is 5.92 Å². The third kappa shape index (κ3) is 9.56. The van der Waals surface area contributed by atoms with Gasteiger partial charge in [-0.1, -0.05) is 51.2 Å². The average Bonchev–Trinajstić information content (AvgIpc) is 2.52. The minimum Gasteiger partial charge on any atom is -0.469 e. The summed E-state index contributed by atoms with van der Waals surface area (Å²) in [5, 5.41) is 0.139. The lowest BCUT2D eigenvalue weighted by molar-refractivity contribution is -0.146. The Labute approximate surface area is 154 Å². The van der Waals surface area contributed by atoms with E-state index in [2.05, 4.69) is 33.9 Å². The fraction of sp³-hybridized carbons (Fsp3) is 0.600. The van der Waals surface area contributed by atoms with Crippen LogP contribution in [0.5, 0.6) is 0 Å². The normalized spacial score (nSPS) is 14.5. The number of allylic oxidation sites excluding steroid dienone is 5. The van der Waals surface area contributed by atoms with E-state index in [9.17, 15) is 9.59 Å². The number of hydrogen-bond donors (Lipinski definition) is 0. The fourth-order valence-electron chi connectivity index (χ4n) is 1.83. The Morgan fingerprint density at radius 1 is 1.12 bits per heavy atom. The van der Waals surface area contributed by atoms with Crippen LogP contribution in [-0.4, -0.2) is 33.8 Å². The molecule has 0 aromatic carbocycles. The molecular formula is C20H34O4Si. The molecule has 0 bridgehead atoms. The van der Waals surface area contributed by atoms with Crippen molar-refractivity contribution in [3.05, 3.63) is 36.5 Å². The van der Waals surface area contributed by atoms with E-state index in [1.165, 1.54) is 13.2 Å². The summed E-state index contributed by atoms with van der Waals surface area (Å²) in [6.07, 6.45) is 11.4. The molecule has 0 aliphatic carbocycles. The molecule has 1 unspecified atom stereocenters. The van der Waals surface area contributed by atoms with Gasteiger partial charge < -0.3 is 9.16 Å². The summed E-state index contributed by atoms with van der Waals surface area (Å²) in [7, 11) is -0.465. The van der Waals surface area contributed by atoms with Crippen LogP contribution in [0.2, 0.25) is 18.1 Å². The third-order valence-electron chi connectivity index (χ3n) is 4.49. The van der Waals surface area contributed by atoms with Gasteiger partial charge in [0.1, 0.15) is 0 Å². The number of ether oxygens (including phenoxy) is 1. The summed E-state index contributed by atoms with van der Waals surface area (Å²) in [4.78, 5) is 23.9. The van der Waals surface area contributed by atoms with Crippen LogP contribution in [-0.2, 0) is 18.8 Å². The Morgan fingerprint density at radius 2 is 1.76 bits per heavy atom. The van der Waals surface area contributed by atoms with E-state index in [0.29, 0.717) is 13.0 Å². The van der Waals surface area contributed by atoms with Crippen LogP contribution >= 0.6 is 0 Å². The molecule has 0 saturated carbocycles. The van der Waals surface area contributed by atoms with Crippen molar-refractivity contribution in [1.82, 2.24) is 0 Å². The van der Waals surface area contributed by atoms with E-state index >= 15 is 0 Å². The first kappa shape index (κ1) is 23.5. The molecule has 0 amide bonds. The minimum absolute atomic E-state index is 0.0892. The van der Waals surface area contributed by atoms with Crippen molar-refractivity contribution < 1.29 is 18.8 Å². The van der Waals surface area contributed by atoms with Gasteiger partial charge in [-0.2, -0.15) is 0 Å². The van der Waals surface area contributed by atoms with E-state index in [4.69, 9.17) is 9.16 Å².